The lowest BCUT2D eigenvalue weighted by Crippen LogP contribution is -2.15. The van der Waals surface area contributed by atoms with E-state index in [1.54, 1.807) is 0 Å². The zero-order chi connectivity index (χ0) is 13.4. The van der Waals surface area contributed by atoms with Crippen LogP contribution in [0.4, 0.5) is 0 Å². The fraction of sp³-hybridized carbons (Fsp3) is 0.500. The van der Waals surface area contributed by atoms with Gasteiger partial charge < -0.3 is 19.1 Å². The van der Waals surface area contributed by atoms with E-state index in [9.17, 15) is 5.11 Å². The smallest absolute Gasteiger partial charge is 0.163 e. The summed E-state index contributed by atoms with van der Waals surface area (Å²) in [6, 6.07) is 3.88. The van der Waals surface area contributed by atoms with Gasteiger partial charge in [-0.05, 0) is 0 Å². The van der Waals surface area contributed by atoms with E-state index in [-0.39, 0.29) is 6.61 Å². The fourth-order valence-corrected chi connectivity index (χ4v) is 2.46. The van der Waals surface area contributed by atoms with Gasteiger partial charge in [-0.25, -0.2) is 4.98 Å². The first-order valence-corrected chi connectivity index (χ1v) is 6.61. The summed E-state index contributed by atoms with van der Waals surface area (Å²) < 4.78 is 13.2. The van der Waals surface area contributed by atoms with Gasteiger partial charge in [0.05, 0.1) is 17.6 Å². The molecule has 19 heavy (non-hydrogen) atoms. The molecule has 0 aliphatic carbocycles. The van der Waals surface area contributed by atoms with Crippen LogP contribution in [0.15, 0.2) is 12.1 Å². The standard InChI is InChI=1S/C14H18N2O3/c1-9(2)14-15-10-7-12-13(19-6-5-18-12)8-11(10)16(14)3-4-17/h7-9,17H,3-6H2,1-2H3. The van der Waals surface area contributed by atoms with E-state index < -0.39 is 0 Å². The molecule has 1 N–H and O–H groups in total. The van der Waals surface area contributed by atoms with Gasteiger partial charge in [0.1, 0.15) is 19.0 Å². The number of hydrogen-bond donors (Lipinski definition) is 1. The maximum Gasteiger partial charge on any atom is 0.163 e. The Morgan fingerprint density at radius 3 is 2.58 bits per heavy atom. The van der Waals surface area contributed by atoms with Gasteiger partial charge in [-0.2, -0.15) is 0 Å². The number of imidazole rings is 1. The quantitative estimate of drug-likeness (QED) is 0.918. The Bertz CT molecular complexity index is 604. The molecule has 2 heterocycles. The number of aromatic nitrogens is 2. The number of benzene rings is 1. The number of fused-ring (bicyclic) bond motifs is 2. The van der Waals surface area contributed by atoms with Crippen molar-refractivity contribution in [3.8, 4) is 11.5 Å². The third-order valence-corrected chi connectivity index (χ3v) is 3.28. The monoisotopic (exact) mass is 262 g/mol. The minimum Gasteiger partial charge on any atom is -0.486 e. The molecule has 1 aliphatic heterocycles. The molecular formula is C14H18N2O3. The van der Waals surface area contributed by atoms with Gasteiger partial charge in [-0.1, -0.05) is 13.8 Å². The molecule has 0 spiro atoms. The number of aliphatic hydroxyl groups is 1. The predicted molar refractivity (Wildman–Crippen MR) is 71.9 cm³/mol. The second-order valence-corrected chi connectivity index (χ2v) is 4.98. The van der Waals surface area contributed by atoms with Crippen LogP contribution in [0.25, 0.3) is 11.0 Å². The first-order valence-electron chi connectivity index (χ1n) is 6.61. The molecule has 1 aromatic heterocycles. The van der Waals surface area contributed by atoms with Crippen LogP contribution in [0.3, 0.4) is 0 Å². The third-order valence-electron chi connectivity index (χ3n) is 3.28. The van der Waals surface area contributed by atoms with Crippen LogP contribution in [0.1, 0.15) is 25.6 Å². The lowest BCUT2D eigenvalue weighted by molar-refractivity contribution is 0.172. The zero-order valence-corrected chi connectivity index (χ0v) is 11.2. The van der Waals surface area contributed by atoms with Crippen LogP contribution in [-0.4, -0.2) is 34.5 Å². The number of ether oxygens (including phenoxy) is 2. The van der Waals surface area contributed by atoms with Crippen LogP contribution in [0, 0.1) is 0 Å². The summed E-state index contributed by atoms with van der Waals surface area (Å²) in [5.74, 6) is 2.79. The molecule has 5 heteroatoms. The van der Waals surface area contributed by atoms with E-state index in [0.717, 1.165) is 28.4 Å². The molecule has 0 bridgehead atoms. The van der Waals surface area contributed by atoms with E-state index in [0.29, 0.717) is 25.7 Å². The Morgan fingerprint density at radius 1 is 1.26 bits per heavy atom. The van der Waals surface area contributed by atoms with Crippen molar-refractivity contribution < 1.29 is 14.6 Å². The fourth-order valence-electron chi connectivity index (χ4n) is 2.46. The highest BCUT2D eigenvalue weighted by Gasteiger charge is 2.19. The van der Waals surface area contributed by atoms with E-state index in [2.05, 4.69) is 23.4 Å². The lowest BCUT2D eigenvalue weighted by Gasteiger charge is -2.18. The molecule has 0 saturated carbocycles. The van der Waals surface area contributed by atoms with E-state index >= 15 is 0 Å². The van der Waals surface area contributed by atoms with Crippen LogP contribution >= 0.6 is 0 Å². The summed E-state index contributed by atoms with van der Waals surface area (Å²) in [6.07, 6.45) is 0. The molecule has 0 amide bonds. The highest BCUT2D eigenvalue weighted by Crippen LogP contribution is 2.35. The molecule has 1 aromatic carbocycles. The average Bonchev–Trinajstić information content (AvgIpc) is 2.75. The normalized spacial score (nSPS) is 14.3. The molecule has 2 aromatic rings. The van der Waals surface area contributed by atoms with Gasteiger partial charge >= 0.3 is 0 Å². The zero-order valence-electron chi connectivity index (χ0n) is 11.2. The largest absolute Gasteiger partial charge is 0.486 e. The van der Waals surface area contributed by atoms with Crippen molar-refractivity contribution in [1.29, 1.82) is 0 Å². The number of hydrogen-bond acceptors (Lipinski definition) is 4. The van der Waals surface area contributed by atoms with Crippen molar-refractivity contribution in [1.82, 2.24) is 9.55 Å². The minimum absolute atomic E-state index is 0.0968. The van der Waals surface area contributed by atoms with Crippen molar-refractivity contribution in [2.75, 3.05) is 19.8 Å². The van der Waals surface area contributed by atoms with Gasteiger partial charge in [-0.3, -0.25) is 0 Å². The Labute approximate surface area is 111 Å². The summed E-state index contributed by atoms with van der Waals surface area (Å²) in [4.78, 5) is 4.66. The number of rotatable bonds is 3. The molecule has 0 fully saturated rings. The Hall–Kier alpha value is -1.75. The highest BCUT2D eigenvalue weighted by molar-refractivity contribution is 5.81. The van der Waals surface area contributed by atoms with Crippen molar-refractivity contribution in [2.45, 2.75) is 26.3 Å². The summed E-state index contributed by atoms with van der Waals surface area (Å²) in [6.45, 7) is 5.99. The third kappa shape index (κ3) is 2.04. The first kappa shape index (κ1) is 12.3. The SMILES string of the molecule is CC(C)c1nc2cc3c(cc2n1CCO)OCCO3. The van der Waals surface area contributed by atoms with Crippen molar-refractivity contribution in [2.24, 2.45) is 0 Å². The topological polar surface area (TPSA) is 56.5 Å². The van der Waals surface area contributed by atoms with Crippen molar-refractivity contribution in [3.05, 3.63) is 18.0 Å². The van der Waals surface area contributed by atoms with E-state index in [1.807, 2.05) is 12.1 Å². The van der Waals surface area contributed by atoms with Crippen molar-refractivity contribution >= 4 is 11.0 Å². The van der Waals surface area contributed by atoms with Gasteiger partial charge in [-0.15, -0.1) is 0 Å². The molecule has 0 saturated heterocycles. The molecule has 0 atom stereocenters. The average molecular weight is 262 g/mol. The summed E-state index contributed by atoms with van der Waals surface area (Å²) >= 11 is 0. The number of aliphatic hydroxyl groups excluding tert-OH is 1. The summed E-state index contributed by atoms with van der Waals surface area (Å²) in [5, 5.41) is 9.24. The molecule has 0 radical (unpaired) electrons. The Balaban J connectivity index is 2.20. The molecule has 3 rings (SSSR count). The van der Waals surface area contributed by atoms with Crippen molar-refractivity contribution in [3.63, 3.8) is 0 Å². The second kappa shape index (κ2) is 4.74. The van der Waals surface area contributed by atoms with E-state index in [1.165, 1.54) is 0 Å². The first-order chi connectivity index (χ1) is 9.20. The predicted octanol–water partition coefficient (Wildman–Crippen LogP) is 1.92. The van der Waals surface area contributed by atoms with Gasteiger partial charge in [0.15, 0.2) is 11.5 Å². The summed E-state index contributed by atoms with van der Waals surface area (Å²) in [7, 11) is 0. The van der Waals surface area contributed by atoms with Gasteiger partial charge in [0.2, 0.25) is 0 Å². The van der Waals surface area contributed by atoms with Gasteiger partial charge in [0, 0.05) is 24.6 Å². The number of nitrogens with zero attached hydrogens (tertiary/aromatic N) is 2. The second-order valence-electron chi connectivity index (χ2n) is 4.98. The molecule has 1 aliphatic rings. The lowest BCUT2D eigenvalue weighted by atomic mass is 10.2. The molecule has 5 nitrogen and oxygen atoms in total. The van der Waals surface area contributed by atoms with Crippen LogP contribution in [0.2, 0.25) is 0 Å². The highest BCUT2D eigenvalue weighted by atomic mass is 16.6. The molecule has 0 unspecified atom stereocenters. The summed E-state index contributed by atoms with van der Waals surface area (Å²) in [5.41, 5.74) is 1.88. The Morgan fingerprint density at radius 2 is 1.95 bits per heavy atom. The maximum atomic E-state index is 9.24. The van der Waals surface area contributed by atoms with Crippen LogP contribution in [-0.2, 0) is 6.54 Å². The van der Waals surface area contributed by atoms with Crippen LogP contribution in [0.5, 0.6) is 11.5 Å². The Kier molecular flexibility index (Phi) is 3.06. The van der Waals surface area contributed by atoms with Gasteiger partial charge in [0.25, 0.3) is 0 Å². The molecule has 102 valence electrons. The maximum absolute atomic E-state index is 9.24. The van der Waals surface area contributed by atoms with Crippen LogP contribution < -0.4 is 9.47 Å². The molecular weight excluding hydrogens is 244 g/mol. The van der Waals surface area contributed by atoms with E-state index in [4.69, 9.17) is 9.47 Å². The minimum atomic E-state index is 0.0968.